The summed E-state index contributed by atoms with van der Waals surface area (Å²) >= 11 is 5.76. The summed E-state index contributed by atoms with van der Waals surface area (Å²) in [5.41, 5.74) is 0. The molecule has 1 aromatic rings. The molecule has 0 saturated heterocycles. The van der Waals surface area contributed by atoms with Crippen LogP contribution >= 0.6 is 11.6 Å². The van der Waals surface area contributed by atoms with Gasteiger partial charge in [0.05, 0.1) is 13.1 Å². The molecule has 1 heterocycles. The van der Waals surface area contributed by atoms with Crippen molar-refractivity contribution in [1.29, 1.82) is 0 Å². The van der Waals surface area contributed by atoms with Crippen molar-refractivity contribution in [3.05, 3.63) is 5.28 Å². The fourth-order valence-corrected chi connectivity index (χ4v) is 1.28. The van der Waals surface area contributed by atoms with Crippen LogP contribution in [-0.2, 0) is 4.79 Å². The summed E-state index contributed by atoms with van der Waals surface area (Å²) in [5, 5.41) is 8.29. The average molecular weight is 283 g/mol. The Morgan fingerprint density at radius 3 is 2.68 bits per heavy atom. The Morgan fingerprint density at radius 2 is 2.05 bits per heavy atom. The summed E-state index contributed by atoms with van der Waals surface area (Å²) in [5.74, 6) is 2.62. The minimum Gasteiger partial charge on any atom is -0.352 e. The highest BCUT2D eigenvalue weighted by atomic mass is 35.5. The molecular weight excluding hydrogens is 268 g/mol. The van der Waals surface area contributed by atoms with Crippen LogP contribution in [0.25, 0.3) is 0 Å². The van der Waals surface area contributed by atoms with Crippen LogP contribution in [0.15, 0.2) is 0 Å². The third-order valence-corrected chi connectivity index (χ3v) is 1.99. The number of amides is 1. The predicted molar refractivity (Wildman–Crippen MR) is 73.9 cm³/mol. The van der Waals surface area contributed by atoms with E-state index in [1.807, 2.05) is 13.8 Å². The Kier molecular flexibility index (Phi) is 5.82. The molecule has 102 valence electrons. The van der Waals surface area contributed by atoms with Crippen molar-refractivity contribution >= 4 is 29.4 Å². The quantitative estimate of drug-likeness (QED) is 0.659. The zero-order chi connectivity index (χ0) is 14.3. The van der Waals surface area contributed by atoms with Crippen molar-refractivity contribution in [2.75, 3.05) is 23.7 Å². The highest BCUT2D eigenvalue weighted by molar-refractivity contribution is 6.28. The molecule has 0 fully saturated rings. The Bertz CT molecular complexity index is 485. The van der Waals surface area contributed by atoms with E-state index in [1.165, 1.54) is 0 Å². The van der Waals surface area contributed by atoms with E-state index in [4.69, 9.17) is 18.0 Å². The summed E-state index contributed by atoms with van der Waals surface area (Å²) in [6.45, 7) is 4.07. The van der Waals surface area contributed by atoms with Gasteiger partial charge in [0.1, 0.15) is 0 Å². The first-order valence-electron chi connectivity index (χ1n) is 5.63. The van der Waals surface area contributed by atoms with Gasteiger partial charge in [0, 0.05) is 6.04 Å². The van der Waals surface area contributed by atoms with E-state index < -0.39 is 0 Å². The van der Waals surface area contributed by atoms with Crippen molar-refractivity contribution in [1.82, 2.24) is 20.3 Å². The smallest absolute Gasteiger partial charge is 0.240 e. The standard InChI is InChI=1S/C11H15ClN6O/c1-4-5-13-8(19)6-14-10-16-9(12)17-11(18-10)15-7(2)3/h1,7H,5-6H2,2-3H3,(H,13,19)(H2,14,15,16,17,18). The minimum absolute atomic E-state index is 0.00312. The number of anilines is 2. The zero-order valence-corrected chi connectivity index (χ0v) is 11.5. The first-order chi connectivity index (χ1) is 9.01. The lowest BCUT2D eigenvalue weighted by Crippen LogP contribution is -2.30. The largest absolute Gasteiger partial charge is 0.352 e. The average Bonchev–Trinajstić information content (AvgIpc) is 2.32. The van der Waals surface area contributed by atoms with Crippen molar-refractivity contribution in [2.45, 2.75) is 19.9 Å². The first kappa shape index (κ1) is 15.0. The molecule has 19 heavy (non-hydrogen) atoms. The second-order valence-electron chi connectivity index (χ2n) is 3.89. The topological polar surface area (TPSA) is 91.8 Å². The molecule has 0 aliphatic rings. The zero-order valence-electron chi connectivity index (χ0n) is 10.7. The van der Waals surface area contributed by atoms with Crippen molar-refractivity contribution in [2.24, 2.45) is 0 Å². The van der Waals surface area contributed by atoms with Crippen molar-refractivity contribution in [3.63, 3.8) is 0 Å². The van der Waals surface area contributed by atoms with E-state index in [-0.39, 0.29) is 36.3 Å². The summed E-state index contributed by atoms with van der Waals surface area (Å²) in [4.78, 5) is 23.2. The van der Waals surface area contributed by atoms with Gasteiger partial charge in [0.15, 0.2) is 0 Å². The number of carbonyl (C=O) groups excluding carboxylic acids is 1. The molecule has 1 aromatic heterocycles. The molecule has 7 nitrogen and oxygen atoms in total. The molecule has 0 unspecified atom stereocenters. The molecular formula is C11H15ClN6O. The van der Waals surface area contributed by atoms with Gasteiger partial charge in [-0.15, -0.1) is 6.42 Å². The number of nitrogens with one attached hydrogen (secondary N) is 3. The van der Waals surface area contributed by atoms with Gasteiger partial charge >= 0.3 is 0 Å². The van der Waals surface area contributed by atoms with E-state index in [0.717, 1.165) is 0 Å². The molecule has 8 heteroatoms. The molecule has 0 aromatic carbocycles. The van der Waals surface area contributed by atoms with Crippen molar-refractivity contribution < 1.29 is 4.79 Å². The number of hydrogen-bond acceptors (Lipinski definition) is 6. The second kappa shape index (κ2) is 7.38. The molecule has 0 saturated carbocycles. The van der Waals surface area contributed by atoms with Gasteiger partial charge in [0.25, 0.3) is 0 Å². The Morgan fingerprint density at radius 1 is 1.37 bits per heavy atom. The van der Waals surface area contributed by atoms with E-state index in [0.29, 0.717) is 5.95 Å². The van der Waals surface area contributed by atoms with Crippen LogP contribution < -0.4 is 16.0 Å². The van der Waals surface area contributed by atoms with Crippen LogP contribution in [0, 0.1) is 12.3 Å². The summed E-state index contributed by atoms with van der Waals surface area (Å²) < 4.78 is 0. The van der Waals surface area contributed by atoms with Crippen molar-refractivity contribution in [3.8, 4) is 12.3 Å². The molecule has 1 amide bonds. The first-order valence-corrected chi connectivity index (χ1v) is 6.01. The SMILES string of the molecule is C#CCNC(=O)CNc1nc(Cl)nc(NC(C)C)n1. The Hall–Kier alpha value is -2.07. The summed E-state index contributed by atoms with van der Waals surface area (Å²) in [6.07, 6.45) is 5.03. The monoisotopic (exact) mass is 282 g/mol. The molecule has 0 bridgehead atoms. The number of halogens is 1. The molecule has 1 rings (SSSR count). The highest BCUT2D eigenvalue weighted by Gasteiger charge is 2.07. The van der Waals surface area contributed by atoms with Gasteiger partial charge < -0.3 is 16.0 Å². The molecule has 0 aliphatic carbocycles. The summed E-state index contributed by atoms with van der Waals surface area (Å²) in [6, 6.07) is 0.158. The van der Waals surface area contributed by atoms with Gasteiger partial charge in [-0.1, -0.05) is 5.92 Å². The predicted octanol–water partition coefficient (Wildman–Crippen LogP) is 0.507. The maximum atomic E-state index is 11.3. The molecule has 3 N–H and O–H groups in total. The van der Waals surface area contributed by atoms with Crippen LogP contribution in [0.2, 0.25) is 5.28 Å². The van der Waals surface area contributed by atoms with Crippen LogP contribution in [0.1, 0.15) is 13.8 Å². The molecule has 0 spiro atoms. The second-order valence-corrected chi connectivity index (χ2v) is 4.22. The van der Waals surface area contributed by atoms with E-state index in [2.05, 4.69) is 36.8 Å². The molecule has 0 atom stereocenters. The number of carbonyl (C=O) groups is 1. The van der Waals surface area contributed by atoms with Gasteiger partial charge in [0.2, 0.25) is 23.1 Å². The van der Waals surface area contributed by atoms with Crippen LogP contribution in [-0.4, -0.2) is 40.0 Å². The molecule has 0 aliphatic heterocycles. The fraction of sp³-hybridized carbons (Fsp3) is 0.455. The van der Waals surface area contributed by atoms with Crippen LogP contribution in [0.3, 0.4) is 0 Å². The number of nitrogens with zero attached hydrogens (tertiary/aromatic N) is 3. The minimum atomic E-state index is -0.257. The van der Waals surface area contributed by atoms with Crippen LogP contribution in [0.4, 0.5) is 11.9 Å². The van der Waals surface area contributed by atoms with E-state index in [1.54, 1.807) is 0 Å². The lowest BCUT2D eigenvalue weighted by molar-refractivity contribution is -0.119. The van der Waals surface area contributed by atoms with Gasteiger partial charge in [-0.25, -0.2) is 0 Å². The Balaban J connectivity index is 2.60. The summed E-state index contributed by atoms with van der Waals surface area (Å²) in [7, 11) is 0. The third kappa shape index (κ3) is 5.88. The van der Waals surface area contributed by atoms with Crippen LogP contribution in [0.5, 0.6) is 0 Å². The third-order valence-electron chi connectivity index (χ3n) is 1.82. The van der Waals surface area contributed by atoms with Gasteiger partial charge in [-0.3, -0.25) is 4.79 Å². The van der Waals surface area contributed by atoms with E-state index in [9.17, 15) is 4.79 Å². The molecule has 0 radical (unpaired) electrons. The number of terminal acetylenes is 1. The lowest BCUT2D eigenvalue weighted by Gasteiger charge is -2.10. The fourth-order valence-electron chi connectivity index (χ4n) is 1.12. The normalized spacial score (nSPS) is 9.84. The van der Waals surface area contributed by atoms with Gasteiger partial charge in [-0.05, 0) is 25.4 Å². The van der Waals surface area contributed by atoms with E-state index >= 15 is 0 Å². The lowest BCUT2D eigenvalue weighted by atomic mass is 10.4. The maximum absolute atomic E-state index is 11.3. The number of rotatable bonds is 6. The highest BCUT2D eigenvalue weighted by Crippen LogP contribution is 2.09. The van der Waals surface area contributed by atoms with Gasteiger partial charge in [-0.2, -0.15) is 15.0 Å². The number of aromatic nitrogens is 3. The Labute approximate surface area is 116 Å². The number of hydrogen-bond donors (Lipinski definition) is 3. The maximum Gasteiger partial charge on any atom is 0.240 e.